The van der Waals surface area contributed by atoms with E-state index in [1.54, 1.807) is 19.9 Å². The zero-order valence-corrected chi connectivity index (χ0v) is 9.78. The molecule has 0 aliphatic carbocycles. The smallest absolute Gasteiger partial charge is 0.275 e. The summed E-state index contributed by atoms with van der Waals surface area (Å²) in [6.07, 6.45) is 0. The van der Waals surface area contributed by atoms with E-state index in [0.29, 0.717) is 11.1 Å². The van der Waals surface area contributed by atoms with Gasteiger partial charge in [-0.25, -0.2) is 0 Å². The Morgan fingerprint density at radius 3 is 2.38 bits per heavy atom. The standard InChI is InChI=1S/C11H17N3O2/c1-6-4-7(2)11(14(15)16)8(3)10(6)9(13)5-12/h4,9H,5,12-13H2,1-3H3/t9-/m1/s1. The highest BCUT2D eigenvalue weighted by Gasteiger charge is 2.22. The van der Waals surface area contributed by atoms with Crippen LogP contribution >= 0.6 is 0 Å². The van der Waals surface area contributed by atoms with Crippen LogP contribution in [-0.4, -0.2) is 11.5 Å². The minimum atomic E-state index is -0.364. The third-order valence-electron chi connectivity index (χ3n) is 2.80. The molecule has 0 saturated heterocycles. The predicted molar refractivity (Wildman–Crippen MR) is 63.3 cm³/mol. The molecule has 5 heteroatoms. The van der Waals surface area contributed by atoms with Crippen LogP contribution in [0.2, 0.25) is 0 Å². The molecular formula is C11H17N3O2. The van der Waals surface area contributed by atoms with Gasteiger partial charge in [-0.15, -0.1) is 0 Å². The molecule has 0 spiro atoms. The summed E-state index contributed by atoms with van der Waals surface area (Å²) in [7, 11) is 0. The number of rotatable bonds is 3. The molecule has 16 heavy (non-hydrogen) atoms. The number of nitro benzene ring substituents is 1. The van der Waals surface area contributed by atoms with Crippen LogP contribution in [0.4, 0.5) is 5.69 Å². The molecule has 1 aromatic rings. The molecule has 0 fully saturated rings. The fraction of sp³-hybridized carbons (Fsp3) is 0.455. The molecule has 0 heterocycles. The highest BCUT2D eigenvalue weighted by molar-refractivity contribution is 5.54. The molecule has 0 radical (unpaired) electrons. The molecule has 0 saturated carbocycles. The fourth-order valence-electron chi connectivity index (χ4n) is 2.16. The Bertz CT molecular complexity index is 430. The van der Waals surface area contributed by atoms with Crippen molar-refractivity contribution in [3.05, 3.63) is 38.4 Å². The predicted octanol–water partition coefficient (Wildman–Crippen LogP) is 1.48. The van der Waals surface area contributed by atoms with Gasteiger partial charge in [0.1, 0.15) is 0 Å². The second kappa shape index (κ2) is 4.59. The van der Waals surface area contributed by atoms with Gasteiger partial charge >= 0.3 is 0 Å². The third kappa shape index (κ3) is 2.05. The molecule has 0 bridgehead atoms. The van der Waals surface area contributed by atoms with Crippen molar-refractivity contribution < 1.29 is 4.92 Å². The van der Waals surface area contributed by atoms with Crippen molar-refractivity contribution in [2.45, 2.75) is 26.8 Å². The minimum Gasteiger partial charge on any atom is -0.329 e. The van der Waals surface area contributed by atoms with E-state index in [4.69, 9.17) is 11.5 Å². The van der Waals surface area contributed by atoms with Crippen molar-refractivity contribution >= 4 is 5.69 Å². The third-order valence-corrected chi connectivity index (χ3v) is 2.80. The summed E-state index contributed by atoms with van der Waals surface area (Å²) in [5, 5.41) is 11.0. The van der Waals surface area contributed by atoms with Gasteiger partial charge in [-0.2, -0.15) is 0 Å². The molecule has 88 valence electrons. The zero-order chi connectivity index (χ0) is 12.5. The van der Waals surface area contributed by atoms with Crippen molar-refractivity contribution in [2.24, 2.45) is 11.5 Å². The summed E-state index contributed by atoms with van der Waals surface area (Å²) in [4.78, 5) is 10.6. The summed E-state index contributed by atoms with van der Waals surface area (Å²) in [5.74, 6) is 0. The molecular weight excluding hydrogens is 206 g/mol. The maximum Gasteiger partial charge on any atom is 0.275 e. The lowest BCUT2D eigenvalue weighted by atomic mass is 9.93. The van der Waals surface area contributed by atoms with Gasteiger partial charge in [0.25, 0.3) is 5.69 Å². The van der Waals surface area contributed by atoms with E-state index in [1.165, 1.54) is 0 Å². The molecule has 0 amide bonds. The normalized spacial score (nSPS) is 12.6. The van der Waals surface area contributed by atoms with E-state index in [0.717, 1.165) is 11.1 Å². The molecule has 1 aromatic carbocycles. The van der Waals surface area contributed by atoms with Crippen molar-refractivity contribution in [1.82, 2.24) is 0 Å². The van der Waals surface area contributed by atoms with Gasteiger partial charge in [-0.1, -0.05) is 0 Å². The van der Waals surface area contributed by atoms with Crippen LogP contribution in [0.1, 0.15) is 28.3 Å². The van der Waals surface area contributed by atoms with Gasteiger partial charge in [-0.05, 0) is 38.0 Å². The van der Waals surface area contributed by atoms with Crippen molar-refractivity contribution in [3.8, 4) is 0 Å². The van der Waals surface area contributed by atoms with Crippen LogP contribution < -0.4 is 11.5 Å². The van der Waals surface area contributed by atoms with Crippen LogP contribution in [0.5, 0.6) is 0 Å². The monoisotopic (exact) mass is 223 g/mol. The lowest BCUT2D eigenvalue weighted by Crippen LogP contribution is -2.23. The SMILES string of the molecule is Cc1cc(C)c([N+](=O)[O-])c(C)c1[C@H](N)CN. The van der Waals surface area contributed by atoms with Crippen molar-refractivity contribution in [3.63, 3.8) is 0 Å². The maximum absolute atomic E-state index is 11.0. The maximum atomic E-state index is 11.0. The first-order chi connectivity index (χ1) is 7.40. The molecule has 0 aromatic heterocycles. The topological polar surface area (TPSA) is 95.2 Å². The lowest BCUT2D eigenvalue weighted by Gasteiger charge is -2.17. The van der Waals surface area contributed by atoms with Crippen LogP contribution in [0.25, 0.3) is 0 Å². The van der Waals surface area contributed by atoms with E-state index < -0.39 is 0 Å². The zero-order valence-electron chi connectivity index (χ0n) is 9.78. The van der Waals surface area contributed by atoms with E-state index in [-0.39, 0.29) is 23.2 Å². The summed E-state index contributed by atoms with van der Waals surface area (Å²) < 4.78 is 0. The number of nitro groups is 1. The quantitative estimate of drug-likeness (QED) is 0.599. The number of nitrogens with zero attached hydrogens (tertiary/aromatic N) is 1. The van der Waals surface area contributed by atoms with Crippen LogP contribution in [-0.2, 0) is 0 Å². The summed E-state index contributed by atoms with van der Waals surface area (Å²) >= 11 is 0. The second-order valence-corrected chi connectivity index (χ2v) is 4.00. The van der Waals surface area contributed by atoms with Gasteiger partial charge in [-0.3, -0.25) is 10.1 Å². The molecule has 1 rings (SSSR count). The van der Waals surface area contributed by atoms with Crippen molar-refractivity contribution in [2.75, 3.05) is 6.54 Å². The largest absolute Gasteiger partial charge is 0.329 e. The van der Waals surface area contributed by atoms with E-state index in [2.05, 4.69) is 0 Å². The Labute approximate surface area is 94.6 Å². The van der Waals surface area contributed by atoms with E-state index >= 15 is 0 Å². The van der Waals surface area contributed by atoms with Gasteiger partial charge in [0, 0.05) is 23.7 Å². The molecule has 0 aliphatic rings. The van der Waals surface area contributed by atoms with Crippen LogP contribution in [0.15, 0.2) is 6.07 Å². The first-order valence-electron chi connectivity index (χ1n) is 5.10. The van der Waals surface area contributed by atoms with Gasteiger partial charge < -0.3 is 11.5 Å². The Kier molecular flexibility index (Phi) is 3.62. The number of aryl methyl sites for hydroxylation is 2. The Balaban J connectivity index is 3.51. The highest BCUT2D eigenvalue weighted by Crippen LogP contribution is 2.31. The summed E-state index contributed by atoms with van der Waals surface area (Å²) in [6, 6.07) is 1.44. The first-order valence-corrected chi connectivity index (χ1v) is 5.10. The van der Waals surface area contributed by atoms with Crippen LogP contribution in [0, 0.1) is 30.9 Å². The molecule has 5 nitrogen and oxygen atoms in total. The minimum absolute atomic E-state index is 0.143. The van der Waals surface area contributed by atoms with E-state index in [9.17, 15) is 10.1 Å². The van der Waals surface area contributed by atoms with Gasteiger partial charge in [0.15, 0.2) is 0 Å². The van der Waals surface area contributed by atoms with Gasteiger partial charge in [0.05, 0.1) is 4.92 Å². The molecule has 0 unspecified atom stereocenters. The first kappa shape index (κ1) is 12.6. The number of hydrogen-bond acceptors (Lipinski definition) is 4. The Morgan fingerprint density at radius 2 is 1.94 bits per heavy atom. The summed E-state index contributed by atoms with van der Waals surface area (Å²) in [6.45, 7) is 5.63. The summed E-state index contributed by atoms with van der Waals surface area (Å²) in [5.41, 5.74) is 14.6. The number of nitrogens with two attached hydrogens (primary N) is 2. The average molecular weight is 223 g/mol. The number of hydrogen-bond donors (Lipinski definition) is 2. The van der Waals surface area contributed by atoms with Crippen molar-refractivity contribution in [1.29, 1.82) is 0 Å². The number of benzene rings is 1. The lowest BCUT2D eigenvalue weighted by molar-refractivity contribution is -0.386. The fourth-order valence-corrected chi connectivity index (χ4v) is 2.16. The van der Waals surface area contributed by atoms with Gasteiger partial charge in [0.2, 0.25) is 0 Å². The second-order valence-electron chi connectivity index (χ2n) is 4.00. The molecule has 1 atom stereocenters. The molecule has 4 N–H and O–H groups in total. The van der Waals surface area contributed by atoms with E-state index in [1.807, 2.05) is 6.92 Å². The molecule has 0 aliphatic heterocycles. The van der Waals surface area contributed by atoms with Crippen LogP contribution in [0.3, 0.4) is 0 Å². The Morgan fingerprint density at radius 1 is 1.38 bits per heavy atom. The average Bonchev–Trinajstić information content (AvgIpc) is 2.15. The highest BCUT2D eigenvalue weighted by atomic mass is 16.6. The Hall–Kier alpha value is -1.46.